The third kappa shape index (κ3) is 17.4. The van der Waals surface area contributed by atoms with Crippen LogP contribution in [0.15, 0.2) is 36.5 Å². The Kier molecular flexibility index (Phi) is 21.5. The summed E-state index contributed by atoms with van der Waals surface area (Å²) in [6.07, 6.45) is 26.5. The van der Waals surface area contributed by atoms with E-state index in [1.807, 2.05) is 0 Å². The summed E-state index contributed by atoms with van der Waals surface area (Å²) in [6.45, 7) is 47.6. The van der Waals surface area contributed by atoms with Gasteiger partial charge < -0.3 is 45.3 Å². The molecule has 83 heavy (non-hydrogen) atoms. The molecule has 3 saturated heterocycles. The molecular formula is C62H122O11Si10. The summed E-state index contributed by atoms with van der Waals surface area (Å²) < 4.78 is 94.1. The molecule has 0 aromatic carbocycles. The first-order chi connectivity index (χ1) is 38.5. The predicted molar refractivity (Wildman–Crippen MR) is 362 cm³/mol. The van der Waals surface area contributed by atoms with Gasteiger partial charge in [0.05, 0.1) is 0 Å². The summed E-state index contributed by atoms with van der Waals surface area (Å²) >= 11 is 0. The number of fused-ring (bicyclic) bond motifs is 9. The van der Waals surface area contributed by atoms with Crippen molar-refractivity contribution in [3.63, 3.8) is 0 Å². The van der Waals surface area contributed by atoms with Crippen molar-refractivity contribution in [3.8, 4) is 0 Å². The standard InChI is InChI=1S/C62H122O11Si10/c1-47(2)39-77(46-74(15,16)30-27-60-36-54-21-24-57(60)33-54)65-80(42-50(7)8)67-78(40-48(3)4,63-75(17,18)31-28-61-37-55-22-25-58(61)34-55)69-82(44-52(11)12)70-79(41-49(5)6,64-76(19,20)32-29-62-38-56-23-26-59(62)35-56)68-81(66-77,43-51(9)10)72-83(71-80,73-82)45-53(13)14/h21-26,47-62H,27-46H2,1-20H3. The molecule has 476 valence electrons. The maximum absolute atomic E-state index is 8.77. The lowest BCUT2D eigenvalue weighted by molar-refractivity contribution is 0.0156. The summed E-state index contributed by atoms with van der Waals surface area (Å²) in [5, 5.41) is 0. The Hall–Kier alpha value is 0.949. The molecule has 3 saturated carbocycles. The van der Waals surface area contributed by atoms with Crippen LogP contribution in [0.3, 0.4) is 0 Å². The third-order valence-corrected chi connectivity index (χ3v) is 69.6. The highest BCUT2D eigenvalue weighted by Gasteiger charge is 2.78. The zero-order valence-corrected chi connectivity index (χ0v) is 66.3. The molecule has 0 N–H and O–H groups in total. The van der Waals surface area contributed by atoms with E-state index >= 15 is 0 Å². The highest BCUT2D eigenvalue weighted by atomic mass is 28.6. The minimum absolute atomic E-state index is 0.124. The van der Waals surface area contributed by atoms with Crippen LogP contribution in [0.4, 0.5) is 0 Å². The second-order valence-corrected chi connectivity index (χ2v) is 70.1. The Balaban J connectivity index is 1.27. The van der Waals surface area contributed by atoms with Crippen molar-refractivity contribution in [1.29, 1.82) is 0 Å². The van der Waals surface area contributed by atoms with E-state index in [2.05, 4.69) is 173 Å². The lowest BCUT2D eigenvalue weighted by atomic mass is 9.91. The molecule has 0 radical (unpaired) electrons. The summed E-state index contributed by atoms with van der Waals surface area (Å²) in [6, 6.07) is 7.51. The first kappa shape index (κ1) is 68.3. The van der Waals surface area contributed by atoms with Crippen LogP contribution < -0.4 is 0 Å². The molecule has 3 aliphatic heterocycles. The Labute approximate surface area is 519 Å². The van der Waals surface area contributed by atoms with Crippen molar-refractivity contribution < 1.29 is 45.3 Å². The average molecular weight is 1320 g/mol. The van der Waals surface area contributed by atoms with Crippen LogP contribution in [0.2, 0.25) is 105 Å². The quantitative estimate of drug-likeness (QED) is 0.0528. The normalized spacial score (nSPS) is 40.4. The molecular weight excluding hydrogens is 1200 g/mol. The fourth-order valence-corrected chi connectivity index (χ4v) is 79.1. The number of allylic oxidation sites excluding steroid dienone is 6. The van der Waals surface area contributed by atoms with Gasteiger partial charge in [-0.3, -0.25) is 0 Å². The average Bonchev–Trinajstić information content (AvgIpc) is 2.76. The summed E-state index contributed by atoms with van der Waals surface area (Å²) in [5.74, 6) is 7.57. The highest BCUT2D eigenvalue weighted by molar-refractivity contribution is 7.03. The van der Waals surface area contributed by atoms with Gasteiger partial charge in [0.1, 0.15) is 0 Å². The topological polar surface area (TPSA) is 102 Å². The number of rotatable bonds is 29. The van der Waals surface area contributed by atoms with E-state index in [9.17, 15) is 0 Å². The minimum atomic E-state index is -4.14. The maximum atomic E-state index is 8.77. The van der Waals surface area contributed by atoms with E-state index in [1.165, 1.54) is 51.0 Å². The fourth-order valence-electron chi connectivity index (χ4n) is 17.3. The van der Waals surface area contributed by atoms with Crippen molar-refractivity contribution in [1.82, 2.24) is 0 Å². The largest absolute Gasteiger partial charge is 0.479 e. The lowest BCUT2D eigenvalue weighted by Gasteiger charge is -2.60. The highest BCUT2D eigenvalue weighted by Crippen LogP contribution is 2.55. The molecule has 13 unspecified atom stereocenters. The lowest BCUT2D eigenvalue weighted by Crippen LogP contribution is -2.84. The summed E-state index contributed by atoms with van der Waals surface area (Å²) in [4.78, 5) is 0. The van der Waals surface area contributed by atoms with Gasteiger partial charge in [0.25, 0.3) is 0 Å². The Morgan fingerprint density at radius 3 is 0.916 bits per heavy atom. The Morgan fingerprint density at radius 1 is 0.349 bits per heavy atom. The van der Waals surface area contributed by atoms with Gasteiger partial charge in [0.15, 0.2) is 16.6 Å². The van der Waals surface area contributed by atoms with Crippen molar-refractivity contribution >= 4 is 86.1 Å². The molecule has 0 aromatic rings. The Morgan fingerprint density at radius 2 is 0.639 bits per heavy atom. The van der Waals surface area contributed by atoms with E-state index < -0.39 is 86.1 Å². The van der Waals surface area contributed by atoms with Gasteiger partial charge in [-0.1, -0.05) is 172 Å². The summed E-state index contributed by atoms with van der Waals surface area (Å²) in [7, 11) is -35.3. The van der Waals surface area contributed by atoms with Crippen molar-refractivity contribution in [2.75, 3.05) is 0 Å². The molecule has 3 heterocycles. The Bertz CT molecular complexity index is 2020. The number of hydrogen-bond donors (Lipinski definition) is 0. The smallest absolute Gasteiger partial charge is 0.416 e. The first-order valence-corrected chi connectivity index (χ1v) is 57.8. The van der Waals surface area contributed by atoms with Gasteiger partial charge in [0.2, 0.25) is 0 Å². The van der Waals surface area contributed by atoms with Crippen LogP contribution in [0.1, 0.15) is 155 Å². The monoisotopic (exact) mass is 1320 g/mol. The zero-order chi connectivity index (χ0) is 60.4. The second kappa shape index (κ2) is 26.2. The van der Waals surface area contributed by atoms with Crippen molar-refractivity contribution in [2.45, 2.75) is 260 Å². The van der Waals surface area contributed by atoms with Crippen LogP contribution >= 0.6 is 0 Å². The van der Waals surface area contributed by atoms with Gasteiger partial charge in [0, 0.05) is 44.3 Å². The summed E-state index contributed by atoms with van der Waals surface area (Å²) in [5.41, 5.74) is 0.900. The molecule has 13 atom stereocenters. The zero-order valence-electron chi connectivity index (χ0n) is 56.3. The van der Waals surface area contributed by atoms with Gasteiger partial charge in [-0.05, 0) is 183 Å². The van der Waals surface area contributed by atoms with Crippen LogP contribution in [0.5, 0.6) is 0 Å². The van der Waals surface area contributed by atoms with Crippen LogP contribution in [-0.2, 0) is 45.3 Å². The van der Waals surface area contributed by atoms with E-state index in [0.29, 0.717) is 59.9 Å². The molecule has 21 heteroatoms. The predicted octanol–water partition coefficient (Wildman–Crippen LogP) is 18.3. The second-order valence-electron chi connectivity index (χ2n) is 33.9. The third-order valence-electron chi connectivity index (χ3n) is 19.8. The molecule has 0 amide bonds. The van der Waals surface area contributed by atoms with Crippen LogP contribution in [0.25, 0.3) is 0 Å². The fraction of sp³-hybridized carbons (Fsp3) is 0.903. The molecule has 0 spiro atoms. The molecule has 6 fully saturated rings. The van der Waals surface area contributed by atoms with Gasteiger partial charge in [-0.25, -0.2) is 0 Å². The van der Waals surface area contributed by atoms with Crippen LogP contribution in [-0.4, -0.2) is 86.1 Å². The SMILES string of the molecule is CC(C)C[Si]1(C[Si](C)(C)CCC2CC3C=CC2C3)O[Si]2(CC(C)C)O[Si](CC(C)C)(O[Si](C)(C)CCC3CC4C=CC3C4)O[Si]3(CC(C)C)O[Si](CC(C)C)(O[Si](C)(C)CCC4CC5C=CC4C5)O[Si](CC(C)C)(O1)O[Si](CC(C)C)(O2)O3. The number of hydrogen-bond acceptors (Lipinski definition) is 11. The van der Waals surface area contributed by atoms with E-state index in [-0.39, 0.29) is 41.4 Å². The maximum Gasteiger partial charge on any atom is 0.479 e. The van der Waals surface area contributed by atoms with Crippen molar-refractivity contribution in [2.24, 2.45) is 94.7 Å². The first-order valence-electron chi connectivity index (χ1n) is 34.3. The van der Waals surface area contributed by atoms with E-state index in [1.54, 1.807) is 0 Å². The molecule has 11 nitrogen and oxygen atoms in total. The van der Waals surface area contributed by atoms with E-state index in [4.69, 9.17) is 45.3 Å². The van der Waals surface area contributed by atoms with Crippen molar-refractivity contribution in [3.05, 3.63) is 36.5 Å². The molecule has 0 aromatic heterocycles. The van der Waals surface area contributed by atoms with E-state index in [0.717, 1.165) is 66.2 Å². The molecule has 9 rings (SSSR count). The molecule has 10 bridgehead atoms. The van der Waals surface area contributed by atoms with Gasteiger partial charge in [-0.15, -0.1) is 0 Å². The van der Waals surface area contributed by atoms with Gasteiger partial charge >= 0.3 is 61.4 Å². The molecule has 9 aliphatic rings. The van der Waals surface area contributed by atoms with Crippen LogP contribution in [0, 0.1) is 94.7 Å². The minimum Gasteiger partial charge on any atom is -0.416 e. The van der Waals surface area contributed by atoms with Gasteiger partial charge in [-0.2, -0.15) is 0 Å². The molecule has 6 aliphatic carbocycles.